The zero-order valence-corrected chi connectivity index (χ0v) is 22.5. The third-order valence-corrected chi connectivity index (χ3v) is 6.97. The molecule has 1 saturated heterocycles. The highest BCUT2D eigenvalue weighted by Gasteiger charge is 2.23. The predicted molar refractivity (Wildman–Crippen MR) is 150 cm³/mol. The Morgan fingerprint density at radius 1 is 1.32 bits per heavy atom. The summed E-state index contributed by atoms with van der Waals surface area (Å²) < 4.78 is 20.1. The number of benzene rings is 2. The fraction of sp³-hybridized carbons (Fsp3) is 0.433. The van der Waals surface area contributed by atoms with Gasteiger partial charge in [0.15, 0.2) is 0 Å². The number of nitrogens with zero attached hydrogens (tertiary/aromatic N) is 2. The van der Waals surface area contributed by atoms with Gasteiger partial charge in [0, 0.05) is 47.4 Å². The summed E-state index contributed by atoms with van der Waals surface area (Å²) in [5.74, 6) is -0.340. The Bertz CT molecular complexity index is 1280. The smallest absolute Gasteiger partial charge is 0.251 e. The fourth-order valence-corrected chi connectivity index (χ4v) is 5.01. The van der Waals surface area contributed by atoms with Gasteiger partial charge in [-0.05, 0) is 70.3 Å². The van der Waals surface area contributed by atoms with Gasteiger partial charge < -0.3 is 15.5 Å². The van der Waals surface area contributed by atoms with Crippen LogP contribution in [0.4, 0.5) is 4.39 Å². The predicted octanol–water partition coefficient (Wildman–Crippen LogP) is 5.72. The highest BCUT2D eigenvalue weighted by Crippen LogP contribution is 2.25. The average molecular weight is 520 g/mol. The average Bonchev–Trinajstić information content (AvgIpc) is 3.33. The van der Waals surface area contributed by atoms with Gasteiger partial charge in [0.1, 0.15) is 11.5 Å². The van der Waals surface area contributed by atoms with E-state index in [0.717, 1.165) is 36.7 Å². The molecule has 4 rings (SSSR count). The second-order valence-electron chi connectivity index (χ2n) is 10.2. The fourth-order valence-electron chi connectivity index (χ4n) is 5.01. The summed E-state index contributed by atoms with van der Waals surface area (Å²) in [7, 11) is 0. The van der Waals surface area contributed by atoms with Crippen LogP contribution in [0.15, 0.2) is 48.5 Å². The van der Waals surface area contributed by atoms with Crippen molar-refractivity contribution in [2.24, 2.45) is 0 Å². The number of carbonyl (C=O) groups is 1. The Kier molecular flexibility index (Phi) is 9.42. The Morgan fingerprint density at radius 2 is 2.13 bits per heavy atom. The summed E-state index contributed by atoms with van der Waals surface area (Å²) in [6, 6.07) is 12.3. The lowest BCUT2D eigenvalue weighted by Gasteiger charge is -2.33. The molecule has 0 saturated carbocycles. The number of likely N-dealkylation sites (tertiary alicyclic amines) is 1. The van der Waals surface area contributed by atoms with E-state index in [-0.39, 0.29) is 30.0 Å². The molecule has 1 fully saturated rings. The van der Waals surface area contributed by atoms with Gasteiger partial charge in [-0.25, -0.2) is 4.39 Å². The number of carbonyl (C=O) groups excluding carboxylic acids is 1. The van der Waals surface area contributed by atoms with Crippen LogP contribution in [-0.4, -0.2) is 58.6 Å². The summed E-state index contributed by atoms with van der Waals surface area (Å²) in [6.45, 7) is 8.22. The molecule has 1 aliphatic rings. The molecule has 7 nitrogen and oxygen atoms in total. The first kappa shape index (κ1) is 27.7. The van der Waals surface area contributed by atoms with Crippen LogP contribution in [0.1, 0.15) is 68.1 Å². The van der Waals surface area contributed by atoms with Crippen LogP contribution in [0.5, 0.6) is 0 Å². The highest BCUT2D eigenvalue weighted by atomic mass is 19.1. The van der Waals surface area contributed by atoms with E-state index in [1.54, 1.807) is 12.1 Å². The lowest BCUT2D eigenvalue weighted by Crippen LogP contribution is -2.47. The van der Waals surface area contributed by atoms with Gasteiger partial charge in [-0.1, -0.05) is 31.2 Å². The number of aromatic nitrogens is 2. The van der Waals surface area contributed by atoms with Crippen molar-refractivity contribution in [2.75, 3.05) is 13.1 Å². The standard InChI is InChI=1S/C30H38FN5O2/c1-4-25(38-20(2)3)13-11-22(17-32)29-26-16-21(12-14-28(26)34-35-29)30(37)33-24-9-7-15-36(19-24)18-23-8-5-6-10-27(23)31/h5-6,8,10-12,14,16-17,20,24-25,32H,4,7,9,13,15,18-19H2,1-3H3,(H,33,37)(H,34,35)/b22-11+,32-17?. The van der Waals surface area contributed by atoms with Gasteiger partial charge in [-0.2, -0.15) is 5.10 Å². The van der Waals surface area contributed by atoms with Crippen molar-refractivity contribution in [3.05, 3.63) is 71.2 Å². The molecule has 1 amide bonds. The molecule has 0 bridgehead atoms. The quantitative estimate of drug-likeness (QED) is 0.282. The molecule has 1 aliphatic heterocycles. The van der Waals surface area contributed by atoms with Gasteiger partial charge in [0.25, 0.3) is 5.91 Å². The molecule has 0 aliphatic carbocycles. The number of piperidine rings is 1. The molecular formula is C30H38FN5O2. The number of aromatic amines is 1. The van der Waals surface area contributed by atoms with Crippen LogP contribution < -0.4 is 5.32 Å². The van der Waals surface area contributed by atoms with Crippen LogP contribution in [0, 0.1) is 11.2 Å². The van der Waals surface area contributed by atoms with Crippen LogP contribution >= 0.6 is 0 Å². The minimum absolute atomic E-state index is 0.00786. The van der Waals surface area contributed by atoms with E-state index in [2.05, 4.69) is 27.3 Å². The molecule has 0 spiro atoms. The number of ether oxygens (including phenoxy) is 1. The zero-order valence-electron chi connectivity index (χ0n) is 22.5. The summed E-state index contributed by atoms with van der Waals surface area (Å²) in [6.07, 6.45) is 6.89. The Morgan fingerprint density at radius 3 is 2.87 bits per heavy atom. The van der Waals surface area contributed by atoms with Crippen molar-refractivity contribution in [1.29, 1.82) is 5.41 Å². The molecule has 2 atom stereocenters. The molecule has 2 aromatic carbocycles. The number of amides is 1. The molecule has 38 heavy (non-hydrogen) atoms. The normalized spacial score (nSPS) is 17.6. The lowest BCUT2D eigenvalue weighted by atomic mass is 10.0. The largest absolute Gasteiger partial charge is 0.375 e. The number of H-pyrrole nitrogens is 1. The van der Waals surface area contributed by atoms with Crippen LogP contribution in [0.25, 0.3) is 16.5 Å². The van der Waals surface area contributed by atoms with Crippen molar-refractivity contribution in [1.82, 2.24) is 20.4 Å². The van der Waals surface area contributed by atoms with Gasteiger partial charge in [0.2, 0.25) is 0 Å². The minimum Gasteiger partial charge on any atom is -0.375 e. The number of hydrogen-bond donors (Lipinski definition) is 3. The van der Waals surface area contributed by atoms with E-state index in [4.69, 9.17) is 10.1 Å². The molecule has 0 radical (unpaired) electrons. The number of fused-ring (bicyclic) bond motifs is 1. The van der Waals surface area contributed by atoms with Gasteiger partial charge in [-0.3, -0.25) is 14.8 Å². The summed E-state index contributed by atoms with van der Waals surface area (Å²) >= 11 is 0. The van der Waals surface area contributed by atoms with Gasteiger partial charge in [0.05, 0.1) is 17.7 Å². The van der Waals surface area contributed by atoms with E-state index < -0.39 is 0 Å². The maximum absolute atomic E-state index is 14.1. The van der Waals surface area contributed by atoms with Crippen LogP contribution in [0.2, 0.25) is 0 Å². The highest BCUT2D eigenvalue weighted by molar-refractivity contribution is 6.13. The summed E-state index contributed by atoms with van der Waals surface area (Å²) in [5.41, 5.74) is 3.37. The van der Waals surface area contributed by atoms with E-state index in [9.17, 15) is 9.18 Å². The first-order chi connectivity index (χ1) is 18.4. The zero-order chi connectivity index (χ0) is 27.1. The Labute approximate surface area is 224 Å². The topological polar surface area (TPSA) is 94.1 Å². The number of halogens is 1. The van der Waals surface area contributed by atoms with Crippen molar-refractivity contribution < 1.29 is 13.9 Å². The monoisotopic (exact) mass is 519 g/mol. The number of nitrogens with one attached hydrogen (secondary N) is 3. The van der Waals surface area contributed by atoms with E-state index in [1.807, 2.05) is 44.2 Å². The summed E-state index contributed by atoms with van der Waals surface area (Å²) in [4.78, 5) is 15.4. The third kappa shape index (κ3) is 6.94. The third-order valence-electron chi connectivity index (χ3n) is 6.97. The maximum atomic E-state index is 14.1. The van der Waals surface area contributed by atoms with E-state index in [0.29, 0.717) is 41.9 Å². The minimum atomic E-state index is -0.195. The number of allylic oxidation sites excluding steroid dienone is 1. The molecule has 8 heteroatoms. The molecule has 202 valence electrons. The second-order valence-corrected chi connectivity index (χ2v) is 10.2. The van der Waals surface area contributed by atoms with Crippen molar-refractivity contribution in [3.63, 3.8) is 0 Å². The molecular weight excluding hydrogens is 481 g/mol. The van der Waals surface area contributed by atoms with E-state index in [1.165, 1.54) is 12.3 Å². The first-order valence-electron chi connectivity index (χ1n) is 13.5. The number of rotatable bonds is 11. The van der Waals surface area contributed by atoms with Crippen LogP contribution in [-0.2, 0) is 11.3 Å². The van der Waals surface area contributed by atoms with Crippen LogP contribution in [0.3, 0.4) is 0 Å². The number of hydrogen-bond acceptors (Lipinski definition) is 5. The lowest BCUT2D eigenvalue weighted by molar-refractivity contribution is 0.00799. The molecule has 2 heterocycles. The molecule has 2 unspecified atom stereocenters. The Balaban J connectivity index is 1.45. The van der Waals surface area contributed by atoms with E-state index >= 15 is 0 Å². The molecule has 3 aromatic rings. The van der Waals surface area contributed by atoms with Crippen molar-refractivity contribution in [3.8, 4) is 0 Å². The van der Waals surface area contributed by atoms with Gasteiger partial charge >= 0.3 is 0 Å². The van der Waals surface area contributed by atoms with Gasteiger partial charge in [-0.15, -0.1) is 0 Å². The molecule has 3 N–H and O–H groups in total. The SMILES string of the molecule is CCC(C/C=C(\C=N)c1n[nH]c2ccc(C(=O)NC3CCCN(Cc4ccccc4F)C3)cc12)OC(C)C. The van der Waals surface area contributed by atoms with Crippen molar-refractivity contribution in [2.45, 2.75) is 71.2 Å². The second kappa shape index (κ2) is 12.9. The molecule has 1 aromatic heterocycles. The maximum Gasteiger partial charge on any atom is 0.251 e. The summed E-state index contributed by atoms with van der Waals surface area (Å²) in [5, 5.41) is 19.4. The van der Waals surface area contributed by atoms with Crippen molar-refractivity contribution >= 4 is 28.6 Å². The first-order valence-corrected chi connectivity index (χ1v) is 13.5. The Hall–Kier alpha value is -3.36.